The van der Waals surface area contributed by atoms with Crippen molar-refractivity contribution < 1.29 is 17.6 Å². The minimum Gasteiger partial charge on any atom is -0.341 e. The summed E-state index contributed by atoms with van der Waals surface area (Å²) < 4.78 is 43.0. The van der Waals surface area contributed by atoms with E-state index >= 15 is 0 Å². The molecule has 0 aliphatic carbocycles. The predicted molar refractivity (Wildman–Crippen MR) is 134 cm³/mol. The molecule has 0 aromatic heterocycles. The van der Waals surface area contributed by atoms with Crippen molar-refractivity contribution in [1.82, 2.24) is 13.9 Å². The van der Waals surface area contributed by atoms with E-state index in [2.05, 4.69) is 4.72 Å². The standard InChI is InChI=1S/C27H30FN3O3S/c1-30(21-23-8-4-2-5-9-23)26(32)27(24-10-6-3-7-11-24)16-18-31(19-17-27)35(33,34)29-20-22-12-14-25(28)15-13-22/h2-15,29H,16-21H2,1H3. The van der Waals surface area contributed by atoms with Crippen LogP contribution in [0, 0.1) is 5.82 Å². The van der Waals surface area contributed by atoms with Crippen molar-refractivity contribution in [2.24, 2.45) is 0 Å². The molecule has 6 nitrogen and oxygen atoms in total. The topological polar surface area (TPSA) is 69.7 Å². The van der Waals surface area contributed by atoms with E-state index in [4.69, 9.17) is 0 Å². The molecule has 35 heavy (non-hydrogen) atoms. The maximum absolute atomic E-state index is 13.8. The van der Waals surface area contributed by atoms with Gasteiger partial charge in [0.05, 0.1) is 5.41 Å². The van der Waals surface area contributed by atoms with Crippen molar-refractivity contribution >= 4 is 16.1 Å². The summed E-state index contributed by atoms with van der Waals surface area (Å²) in [5, 5.41) is 0. The molecule has 1 N–H and O–H groups in total. The first-order valence-electron chi connectivity index (χ1n) is 11.6. The summed E-state index contributed by atoms with van der Waals surface area (Å²) in [6.07, 6.45) is 0.763. The molecule has 0 spiro atoms. The highest BCUT2D eigenvalue weighted by Gasteiger charge is 2.46. The Kier molecular flexibility index (Phi) is 7.64. The molecule has 1 aliphatic rings. The van der Waals surface area contributed by atoms with Crippen LogP contribution in [0.5, 0.6) is 0 Å². The predicted octanol–water partition coefficient (Wildman–Crippen LogP) is 3.85. The van der Waals surface area contributed by atoms with Gasteiger partial charge in [0.15, 0.2) is 0 Å². The largest absolute Gasteiger partial charge is 0.341 e. The van der Waals surface area contributed by atoms with E-state index in [-0.39, 0.29) is 31.4 Å². The Balaban J connectivity index is 1.49. The molecule has 0 unspecified atom stereocenters. The van der Waals surface area contributed by atoms with Crippen molar-refractivity contribution in [3.8, 4) is 0 Å². The lowest BCUT2D eigenvalue weighted by atomic mass is 9.72. The number of hydrogen-bond acceptors (Lipinski definition) is 3. The van der Waals surface area contributed by atoms with Crippen molar-refractivity contribution in [3.63, 3.8) is 0 Å². The van der Waals surface area contributed by atoms with E-state index in [1.165, 1.54) is 16.4 Å². The first-order valence-corrected chi connectivity index (χ1v) is 13.1. The number of carbonyl (C=O) groups excluding carboxylic acids is 1. The van der Waals surface area contributed by atoms with Crippen LogP contribution in [0.15, 0.2) is 84.9 Å². The molecule has 3 aromatic carbocycles. The molecule has 1 amide bonds. The molecular formula is C27H30FN3O3S. The van der Waals surface area contributed by atoms with Gasteiger partial charge in [-0.25, -0.2) is 4.39 Å². The average molecular weight is 496 g/mol. The zero-order valence-corrected chi connectivity index (χ0v) is 20.5. The molecule has 4 rings (SSSR count). The number of amides is 1. The van der Waals surface area contributed by atoms with Crippen LogP contribution in [0.4, 0.5) is 4.39 Å². The molecule has 0 atom stereocenters. The zero-order valence-electron chi connectivity index (χ0n) is 19.7. The van der Waals surface area contributed by atoms with Gasteiger partial charge in [-0.05, 0) is 41.7 Å². The first-order chi connectivity index (χ1) is 16.8. The highest BCUT2D eigenvalue weighted by Crippen LogP contribution is 2.38. The van der Waals surface area contributed by atoms with Crippen LogP contribution in [0.1, 0.15) is 29.5 Å². The summed E-state index contributed by atoms with van der Waals surface area (Å²) in [5.74, 6) is -0.379. The second-order valence-corrected chi connectivity index (χ2v) is 10.7. The van der Waals surface area contributed by atoms with Gasteiger partial charge in [-0.15, -0.1) is 0 Å². The monoisotopic (exact) mass is 495 g/mol. The van der Waals surface area contributed by atoms with Crippen LogP contribution in [0.25, 0.3) is 0 Å². The van der Waals surface area contributed by atoms with Crippen LogP contribution in [-0.2, 0) is 33.5 Å². The molecular weight excluding hydrogens is 465 g/mol. The van der Waals surface area contributed by atoms with Crippen molar-refractivity contribution in [1.29, 1.82) is 0 Å². The lowest BCUT2D eigenvalue weighted by Crippen LogP contribution is -2.54. The van der Waals surface area contributed by atoms with E-state index in [1.54, 1.807) is 24.1 Å². The number of carbonyl (C=O) groups is 1. The third kappa shape index (κ3) is 5.78. The fourth-order valence-corrected chi connectivity index (χ4v) is 5.85. The molecule has 1 aliphatic heterocycles. The van der Waals surface area contributed by atoms with Gasteiger partial charge in [-0.3, -0.25) is 4.79 Å². The lowest BCUT2D eigenvalue weighted by Gasteiger charge is -2.42. The van der Waals surface area contributed by atoms with Crippen LogP contribution in [0.3, 0.4) is 0 Å². The Bertz CT molecular complexity index is 1230. The molecule has 1 heterocycles. The highest BCUT2D eigenvalue weighted by atomic mass is 32.2. The molecule has 3 aromatic rings. The molecule has 184 valence electrons. The number of halogens is 1. The van der Waals surface area contributed by atoms with Crippen LogP contribution >= 0.6 is 0 Å². The number of nitrogens with one attached hydrogen (secondary N) is 1. The third-order valence-corrected chi connectivity index (χ3v) is 8.19. The van der Waals surface area contributed by atoms with Gasteiger partial charge in [0.2, 0.25) is 5.91 Å². The van der Waals surface area contributed by atoms with Crippen LogP contribution in [-0.4, -0.2) is 43.7 Å². The third-order valence-electron chi connectivity index (χ3n) is 6.63. The van der Waals surface area contributed by atoms with Gasteiger partial charge in [0.25, 0.3) is 10.2 Å². The number of hydrogen-bond donors (Lipinski definition) is 1. The number of benzene rings is 3. The minimum atomic E-state index is -3.75. The van der Waals surface area contributed by atoms with Crippen molar-refractivity contribution in [2.45, 2.75) is 31.3 Å². The Morgan fingerprint density at radius 3 is 2.09 bits per heavy atom. The summed E-state index contributed by atoms with van der Waals surface area (Å²) in [6, 6.07) is 25.2. The molecule has 8 heteroatoms. The fraction of sp³-hybridized carbons (Fsp3) is 0.296. The summed E-state index contributed by atoms with van der Waals surface area (Å²) >= 11 is 0. The van der Waals surface area contributed by atoms with Gasteiger partial charge in [0, 0.05) is 33.2 Å². The average Bonchev–Trinajstić information content (AvgIpc) is 2.89. The van der Waals surface area contributed by atoms with Gasteiger partial charge < -0.3 is 4.90 Å². The Hall–Kier alpha value is -3.07. The van der Waals surface area contributed by atoms with E-state index in [1.807, 2.05) is 60.7 Å². The summed E-state index contributed by atoms with van der Waals surface area (Å²) in [4.78, 5) is 15.6. The molecule has 1 saturated heterocycles. The maximum Gasteiger partial charge on any atom is 0.279 e. The minimum absolute atomic E-state index is 0.0103. The summed E-state index contributed by atoms with van der Waals surface area (Å²) in [7, 11) is -1.95. The number of rotatable bonds is 8. The molecule has 1 fully saturated rings. The Morgan fingerprint density at radius 1 is 0.914 bits per heavy atom. The first kappa shape index (κ1) is 25.0. The second-order valence-electron chi connectivity index (χ2n) is 8.95. The molecule has 0 radical (unpaired) electrons. The maximum atomic E-state index is 13.8. The van der Waals surface area contributed by atoms with Gasteiger partial charge >= 0.3 is 0 Å². The summed E-state index contributed by atoms with van der Waals surface area (Å²) in [5.41, 5.74) is 1.81. The SMILES string of the molecule is CN(Cc1ccccc1)C(=O)C1(c2ccccc2)CCN(S(=O)(=O)NCc2ccc(F)cc2)CC1. The quantitative estimate of drug-likeness (QED) is 0.516. The Labute approximate surface area is 206 Å². The number of piperidine rings is 1. The Morgan fingerprint density at radius 2 is 1.49 bits per heavy atom. The van der Waals surface area contributed by atoms with E-state index in [0.29, 0.717) is 24.9 Å². The molecule has 0 saturated carbocycles. The van der Waals surface area contributed by atoms with Gasteiger partial charge in [-0.1, -0.05) is 72.8 Å². The van der Waals surface area contributed by atoms with Crippen molar-refractivity contribution in [2.75, 3.05) is 20.1 Å². The van der Waals surface area contributed by atoms with Gasteiger partial charge in [-0.2, -0.15) is 17.4 Å². The number of likely N-dealkylation sites (N-methyl/N-ethyl adjacent to an activating group) is 1. The van der Waals surface area contributed by atoms with E-state index in [0.717, 1.165) is 11.1 Å². The van der Waals surface area contributed by atoms with Crippen molar-refractivity contribution in [3.05, 3.63) is 107 Å². The van der Waals surface area contributed by atoms with Crippen LogP contribution < -0.4 is 4.72 Å². The van der Waals surface area contributed by atoms with Crippen LogP contribution in [0.2, 0.25) is 0 Å². The highest BCUT2D eigenvalue weighted by molar-refractivity contribution is 7.87. The summed E-state index contributed by atoms with van der Waals surface area (Å²) in [6.45, 7) is 0.994. The normalized spacial score (nSPS) is 16.1. The van der Waals surface area contributed by atoms with Gasteiger partial charge in [0.1, 0.15) is 5.82 Å². The zero-order chi connectivity index (χ0) is 24.9. The second kappa shape index (κ2) is 10.7. The smallest absolute Gasteiger partial charge is 0.279 e. The van der Waals surface area contributed by atoms with E-state index < -0.39 is 15.6 Å². The lowest BCUT2D eigenvalue weighted by molar-refractivity contribution is -0.138. The molecule has 0 bridgehead atoms. The van der Waals surface area contributed by atoms with E-state index in [9.17, 15) is 17.6 Å². The fourth-order valence-electron chi connectivity index (χ4n) is 4.65. The number of nitrogens with zero attached hydrogens (tertiary/aromatic N) is 2.